The molecule has 3 rings (SSSR count). The quantitative estimate of drug-likeness (QED) is 0.669. The molecular weight excluding hydrogens is 394 g/mol. The lowest BCUT2D eigenvalue weighted by Gasteiger charge is -2.22. The summed E-state index contributed by atoms with van der Waals surface area (Å²) in [6.07, 6.45) is 1.38. The van der Waals surface area contributed by atoms with Crippen molar-refractivity contribution in [2.45, 2.75) is 25.8 Å². The van der Waals surface area contributed by atoms with Gasteiger partial charge in [0.25, 0.3) is 0 Å². The van der Waals surface area contributed by atoms with Gasteiger partial charge in [0.1, 0.15) is 0 Å². The molecule has 0 radical (unpaired) electrons. The molecule has 1 aromatic carbocycles. The second-order valence-electron chi connectivity index (χ2n) is 6.85. The number of amides is 1. The van der Waals surface area contributed by atoms with Gasteiger partial charge < -0.3 is 4.90 Å². The molecule has 28 heavy (non-hydrogen) atoms. The fourth-order valence-corrected chi connectivity index (χ4v) is 4.30. The van der Waals surface area contributed by atoms with Crippen molar-refractivity contribution in [3.05, 3.63) is 56.7 Å². The number of Topliss-reactive ketones (excluding diaryl/α,β-unsaturated/α-hetero) is 1. The van der Waals surface area contributed by atoms with Crippen molar-refractivity contribution in [2.75, 3.05) is 26.2 Å². The van der Waals surface area contributed by atoms with E-state index in [0.717, 1.165) is 32.6 Å². The molecule has 1 amide bonds. The fraction of sp³-hybridized carbons (Fsp3) is 0.381. The Kier molecular flexibility index (Phi) is 7.21. The highest BCUT2D eigenvalue weighted by atomic mass is 35.5. The van der Waals surface area contributed by atoms with E-state index in [1.54, 1.807) is 12.1 Å². The highest BCUT2D eigenvalue weighted by Crippen LogP contribution is 2.23. The zero-order valence-electron chi connectivity index (χ0n) is 15.6. The lowest BCUT2D eigenvalue weighted by atomic mass is 10.1. The van der Waals surface area contributed by atoms with E-state index < -0.39 is 0 Å². The van der Waals surface area contributed by atoms with Gasteiger partial charge in [-0.25, -0.2) is 0 Å². The van der Waals surface area contributed by atoms with E-state index in [2.05, 4.69) is 11.0 Å². The van der Waals surface area contributed by atoms with Crippen LogP contribution in [0.5, 0.6) is 0 Å². The number of nitriles is 1. The molecule has 0 saturated carbocycles. The molecule has 7 heteroatoms. The van der Waals surface area contributed by atoms with Crippen LogP contribution in [0, 0.1) is 11.3 Å². The second-order valence-corrected chi connectivity index (χ2v) is 8.56. The van der Waals surface area contributed by atoms with Gasteiger partial charge in [0.2, 0.25) is 5.91 Å². The van der Waals surface area contributed by atoms with Gasteiger partial charge in [-0.05, 0) is 36.2 Å². The maximum Gasteiger partial charge on any atom is 0.223 e. The van der Waals surface area contributed by atoms with Crippen LogP contribution < -0.4 is 0 Å². The van der Waals surface area contributed by atoms with E-state index in [1.807, 2.05) is 29.2 Å². The Bertz CT molecular complexity index is 873. The minimum atomic E-state index is -0.0254. The lowest BCUT2D eigenvalue weighted by Crippen LogP contribution is -2.35. The summed E-state index contributed by atoms with van der Waals surface area (Å²) in [6.45, 7) is 3.94. The topological polar surface area (TPSA) is 64.4 Å². The third-order valence-electron chi connectivity index (χ3n) is 4.84. The second kappa shape index (κ2) is 9.83. The largest absolute Gasteiger partial charge is 0.341 e. The van der Waals surface area contributed by atoms with Crippen molar-refractivity contribution >= 4 is 34.6 Å². The normalized spacial score (nSPS) is 15.1. The molecule has 0 bridgehead atoms. The number of hydrogen-bond acceptors (Lipinski definition) is 5. The van der Waals surface area contributed by atoms with Crippen LogP contribution in [0.15, 0.2) is 36.4 Å². The van der Waals surface area contributed by atoms with Gasteiger partial charge in [-0.15, -0.1) is 11.3 Å². The van der Waals surface area contributed by atoms with Crippen molar-refractivity contribution in [2.24, 2.45) is 0 Å². The van der Waals surface area contributed by atoms with E-state index in [0.29, 0.717) is 21.3 Å². The van der Waals surface area contributed by atoms with E-state index in [1.165, 1.54) is 16.9 Å². The molecule has 1 saturated heterocycles. The van der Waals surface area contributed by atoms with Crippen LogP contribution in [0.25, 0.3) is 0 Å². The SMILES string of the molecule is N#Cc1ccc(CN2CCCN(C(=O)CCC(=O)c3ccc(Cl)s3)CC2)cc1. The first-order chi connectivity index (χ1) is 13.5. The van der Waals surface area contributed by atoms with Gasteiger partial charge in [-0.3, -0.25) is 14.5 Å². The number of ketones is 1. The summed E-state index contributed by atoms with van der Waals surface area (Å²) in [5.74, 6) is 0.0127. The first kappa shape index (κ1) is 20.5. The monoisotopic (exact) mass is 415 g/mol. The molecule has 1 aromatic heterocycles. The van der Waals surface area contributed by atoms with Gasteiger partial charge in [0, 0.05) is 45.6 Å². The number of thiophene rings is 1. The summed E-state index contributed by atoms with van der Waals surface area (Å²) >= 11 is 7.12. The van der Waals surface area contributed by atoms with Gasteiger partial charge in [0.15, 0.2) is 5.78 Å². The average molecular weight is 416 g/mol. The third-order valence-corrected chi connectivity index (χ3v) is 6.12. The van der Waals surface area contributed by atoms with E-state index in [-0.39, 0.29) is 24.5 Å². The predicted molar refractivity (Wildman–Crippen MR) is 111 cm³/mol. The first-order valence-corrected chi connectivity index (χ1v) is 10.5. The number of nitrogens with zero attached hydrogens (tertiary/aromatic N) is 3. The third kappa shape index (κ3) is 5.65. The molecule has 2 aromatic rings. The van der Waals surface area contributed by atoms with Crippen molar-refractivity contribution < 1.29 is 9.59 Å². The van der Waals surface area contributed by atoms with Gasteiger partial charge in [0.05, 0.1) is 20.8 Å². The summed E-state index contributed by atoms with van der Waals surface area (Å²) in [6, 6.07) is 13.2. The van der Waals surface area contributed by atoms with Crippen LogP contribution in [0.1, 0.15) is 40.1 Å². The average Bonchev–Trinajstić information content (AvgIpc) is 3.01. The molecule has 146 valence electrons. The summed E-state index contributed by atoms with van der Waals surface area (Å²) < 4.78 is 0.588. The van der Waals surface area contributed by atoms with E-state index in [4.69, 9.17) is 16.9 Å². The van der Waals surface area contributed by atoms with E-state index in [9.17, 15) is 9.59 Å². The number of carbonyl (C=O) groups excluding carboxylic acids is 2. The molecule has 2 heterocycles. The van der Waals surface area contributed by atoms with Crippen LogP contribution in [0.3, 0.4) is 0 Å². The van der Waals surface area contributed by atoms with Crippen molar-refractivity contribution in [3.8, 4) is 6.07 Å². The standard InChI is InChI=1S/C21H22ClN3O2S/c22-20-8-7-19(28-20)18(26)6-9-21(27)25-11-1-10-24(12-13-25)15-17-4-2-16(14-23)3-5-17/h2-5,7-8H,1,6,9-13,15H2. The summed E-state index contributed by atoms with van der Waals surface area (Å²) in [5.41, 5.74) is 1.83. The summed E-state index contributed by atoms with van der Waals surface area (Å²) in [7, 11) is 0. The number of halogens is 1. The molecule has 0 atom stereocenters. The Balaban J connectivity index is 1.46. The maximum atomic E-state index is 12.5. The van der Waals surface area contributed by atoms with Gasteiger partial charge >= 0.3 is 0 Å². The first-order valence-electron chi connectivity index (χ1n) is 9.33. The number of hydrogen-bond donors (Lipinski definition) is 0. The van der Waals surface area contributed by atoms with Crippen LogP contribution >= 0.6 is 22.9 Å². The van der Waals surface area contributed by atoms with Crippen molar-refractivity contribution in [3.63, 3.8) is 0 Å². The highest BCUT2D eigenvalue weighted by molar-refractivity contribution is 7.18. The molecule has 0 aliphatic carbocycles. The van der Waals surface area contributed by atoms with Crippen LogP contribution in [-0.2, 0) is 11.3 Å². The Hall–Kier alpha value is -2.20. The van der Waals surface area contributed by atoms with E-state index >= 15 is 0 Å². The predicted octanol–water partition coefficient (Wildman–Crippen LogP) is 3.97. The van der Waals surface area contributed by atoms with Crippen LogP contribution in [0.4, 0.5) is 0 Å². The van der Waals surface area contributed by atoms with Crippen molar-refractivity contribution in [1.29, 1.82) is 5.26 Å². The Morgan fingerprint density at radius 2 is 1.82 bits per heavy atom. The van der Waals surface area contributed by atoms with Gasteiger partial charge in [-0.2, -0.15) is 5.26 Å². The summed E-state index contributed by atoms with van der Waals surface area (Å²) in [5, 5.41) is 8.89. The lowest BCUT2D eigenvalue weighted by molar-refractivity contribution is -0.131. The number of rotatable bonds is 6. The molecule has 5 nitrogen and oxygen atoms in total. The van der Waals surface area contributed by atoms with Gasteiger partial charge in [-0.1, -0.05) is 23.7 Å². The molecule has 0 unspecified atom stereocenters. The highest BCUT2D eigenvalue weighted by Gasteiger charge is 2.20. The zero-order chi connectivity index (χ0) is 19.9. The number of carbonyl (C=O) groups is 2. The Labute approximate surface area is 174 Å². The maximum absolute atomic E-state index is 12.5. The minimum Gasteiger partial charge on any atom is -0.341 e. The zero-order valence-corrected chi connectivity index (χ0v) is 17.1. The Morgan fingerprint density at radius 3 is 2.50 bits per heavy atom. The molecule has 0 N–H and O–H groups in total. The molecule has 1 fully saturated rings. The number of benzene rings is 1. The Morgan fingerprint density at radius 1 is 1.04 bits per heavy atom. The molecular formula is C21H22ClN3O2S. The molecule has 1 aliphatic heterocycles. The summed E-state index contributed by atoms with van der Waals surface area (Å²) in [4.78, 5) is 29.5. The van der Waals surface area contributed by atoms with Crippen molar-refractivity contribution in [1.82, 2.24) is 9.80 Å². The smallest absolute Gasteiger partial charge is 0.223 e. The fourth-order valence-electron chi connectivity index (χ4n) is 3.29. The minimum absolute atomic E-state index is 0.0254. The molecule has 1 aliphatic rings. The molecule has 0 spiro atoms. The van der Waals surface area contributed by atoms with Crippen LogP contribution in [-0.4, -0.2) is 47.7 Å². The van der Waals surface area contributed by atoms with Crippen LogP contribution in [0.2, 0.25) is 4.34 Å².